The van der Waals surface area contributed by atoms with Crippen molar-refractivity contribution in [3.63, 3.8) is 0 Å². The number of hydrogen-bond donors (Lipinski definition) is 0. The fourth-order valence-electron chi connectivity index (χ4n) is 3.96. The molecule has 0 saturated carbocycles. The van der Waals surface area contributed by atoms with Crippen molar-refractivity contribution >= 4 is 21.9 Å². The summed E-state index contributed by atoms with van der Waals surface area (Å²) in [6.07, 6.45) is 3.97. The number of rotatable bonds is 6. The second-order valence-electron chi connectivity index (χ2n) is 7.28. The predicted octanol–water partition coefficient (Wildman–Crippen LogP) is 5.45. The molecule has 0 aromatic heterocycles. The summed E-state index contributed by atoms with van der Waals surface area (Å²) in [6.45, 7) is 5.04. The summed E-state index contributed by atoms with van der Waals surface area (Å²) >= 11 is 3.71. The predicted molar refractivity (Wildman–Crippen MR) is 114 cm³/mol. The highest BCUT2D eigenvalue weighted by Crippen LogP contribution is 2.33. The zero-order valence-corrected chi connectivity index (χ0v) is 17.8. The van der Waals surface area contributed by atoms with Crippen molar-refractivity contribution in [3.05, 3.63) is 58.1 Å². The van der Waals surface area contributed by atoms with E-state index in [4.69, 9.17) is 4.74 Å². The maximum Gasteiger partial charge on any atom is 0.308 e. The zero-order valence-electron chi connectivity index (χ0n) is 16.2. The summed E-state index contributed by atoms with van der Waals surface area (Å²) in [4.78, 5) is 14.3. The number of carbonyl (C=O) groups is 1. The number of piperidine rings is 1. The van der Waals surface area contributed by atoms with E-state index < -0.39 is 0 Å². The first kappa shape index (κ1) is 20.1. The molecule has 3 rings (SSSR count). The Labute approximate surface area is 170 Å². The number of nitrogens with zero attached hydrogens (tertiary/aromatic N) is 1. The normalized spacial score (nSPS) is 15.7. The van der Waals surface area contributed by atoms with Crippen LogP contribution in [0.4, 0.5) is 0 Å². The highest BCUT2D eigenvalue weighted by atomic mass is 79.9. The minimum Gasteiger partial charge on any atom is -0.469 e. The Balaban J connectivity index is 1.86. The molecular weight excluding hydrogens is 402 g/mol. The van der Waals surface area contributed by atoms with E-state index in [0.29, 0.717) is 0 Å². The van der Waals surface area contributed by atoms with E-state index in [2.05, 4.69) is 70.2 Å². The molecule has 144 valence electrons. The molecule has 0 N–H and O–H groups in total. The molecule has 1 aliphatic rings. The van der Waals surface area contributed by atoms with Gasteiger partial charge in [0.1, 0.15) is 0 Å². The molecule has 1 aliphatic heterocycles. The molecule has 1 heterocycles. The average molecular weight is 430 g/mol. The zero-order chi connectivity index (χ0) is 19.2. The summed E-state index contributed by atoms with van der Waals surface area (Å²) in [7, 11) is 1.49. The number of hydrogen-bond acceptors (Lipinski definition) is 3. The smallest absolute Gasteiger partial charge is 0.308 e. The van der Waals surface area contributed by atoms with Crippen LogP contribution in [0.1, 0.15) is 37.3 Å². The van der Waals surface area contributed by atoms with Crippen LogP contribution in [-0.2, 0) is 22.5 Å². The highest BCUT2D eigenvalue weighted by molar-refractivity contribution is 9.10. The van der Waals surface area contributed by atoms with Gasteiger partial charge in [-0.3, -0.25) is 9.69 Å². The lowest BCUT2D eigenvalue weighted by molar-refractivity contribution is -0.147. The van der Waals surface area contributed by atoms with Gasteiger partial charge < -0.3 is 4.74 Å². The quantitative estimate of drug-likeness (QED) is 0.571. The molecule has 0 aliphatic carbocycles. The van der Waals surface area contributed by atoms with Gasteiger partial charge in [0, 0.05) is 11.0 Å². The molecule has 2 aromatic rings. The van der Waals surface area contributed by atoms with Crippen LogP contribution in [0.25, 0.3) is 11.1 Å². The first-order valence-corrected chi connectivity index (χ1v) is 10.6. The summed E-state index contributed by atoms with van der Waals surface area (Å²) in [5, 5.41) is 0. The van der Waals surface area contributed by atoms with Gasteiger partial charge in [-0.25, -0.2) is 0 Å². The summed E-state index contributed by atoms with van der Waals surface area (Å²) in [5.74, 6) is -0.00480. The van der Waals surface area contributed by atoms with Gasteiger partial charge in [0.15, 0.2) is 0 Å². The van der Waals surface area contributed by atoms with Gasteiger partial charge in [0.2, 0.25) is 0 Å². The van der Waals surface area contributed by atoms with Crippen LogP contribution in [0.2, 0.25) is 0 Å². The van der Waals surface area contributed by atoms with E-state index in [1.165, 1.54) is 29.4 Å². The standard InChI is InChI=1S/C23H28BrNO2/c1-3-7-19-14-20(24)15-21(17-8-5-4-6-9-17)22(19)16-25-12-10-18(11-13-25)23(26)27-2/h4-6,8-9,14-15,18H,3,7,10-13,16H2,1-2H3. The Morgan fingerprint density at radius 3 is 2.52 bits per heavy atom. The maximum absolute atomic E-state index is 11.8. The number of likely N-dealkylation sites (tertiary alicyclic amines) is 1. The van der Waals surface area contributed by atoms with Crippen molar-refractivity contribution in [3.8, 4) is 11.1 Å². The maximum atomic E-state index is 11.8. The van der Waals surface area contributed by atoms with E-state index >= 15 is 0 Å². The van der Waals surface area contributed by atoms with Crippen molar-refractivity contribution in [1.29, 1.82) is 0 Å². The summed E-state index contributed by atoms with van der Waals surface area (Å²) in [6, 6.07) is 15.1. The Morgan fingerprint density at radius 1 is 1.19 bits per heavy atom. The third-order valence-corrected chi connectivity index (χ3v) is 5.87. The van der Waals surface area contributed by atoms with Crippen LogP contribution in [0, 0.1) is 5.92 Å². The van der Waals surface area contributed by atoms with Crippen molar-refractivity contribution in [2.75, 3.05) is 20.2 Å². The van der Waals surface area contributed by atoms with Crippen molar-refractivity contribution in [1.82, 2.24) is 4.90 Å². The van der Waals surface area contributed by atoms with Gasteiger partial charge in [-0.15, -0.1) is 0 Å². The molecule has 1 fully saturated rings. The molecule has 2 aromatic carbocycles. The first-order valence-electron chi connectivity index (χ1n) is 9.79. The first-order chi connectivity index (χ1) is 13.1. The molecule has 0 amide bonds. The fraction of sp³-hybridized carbons (Fsp3) is 0.435. The van der Waals surface area contributed by atoms with Gasteiger partial charge in [0.05, 0.1) is 13.0 Å². The van der Waals surface area contributed by atoms with E-state index in [1.807, 2.05) is 0 Å². The number of benzene rings is 2. The molecule has 0 unspecified atom stereocenters. The van der Waals surface area contributed by atoms with Crippen LogP contribution in [-0.4, -0.2) is 31.1 Å². The Bertz CT molecular complexity index is 767. The number of esters is 1. The average Bonchev–Trinajstić information content (AvgIpc) is 2.70. The Kier molecular flexibility index (Phi) is 7.08. The van der Waals surface area contributed by atoms with Gasteiger partial charge in [0.25, 0.3) is 0 Å². The fourth-order valence-corrected chi connectivity index (χ4v) is 4.47. The number of aryl methyl sites for hydroxylation is 1. The SMILES string of the molecule is CCCc1cc(Br)cc(-c2ccccc2)c1CN1CCC(C(=O)OC)CC1. The van der Waals surface area contributed by atoms with Crippen molar-refractivity contribution in [2.24, 2.45) is 5.92 Å². The van der Waals surface area contributed by atoms with Crippen LogP contribution < -0.4 is 0 Å². The van der Waals surface area contributed by atoms with Crippen LogP contribution in [0.15, 0.2) is 46.9 Å². The number of carbonyl (C=O) groups excluding carboxylic acids is 1. The highest BCUT2D eigenvalue weighted by Gasteiger charge is 2.26. The molecule has 0 bridgehead atoms. The Morgan fingerprint density at radius 2 is 1.89 bits per heavy atom. The molecular formula is C23H28BrNO2. The van der Waals surface area contributed by atoms with Crippen LogP contribution >= 0.6 is 15.9 Å². The molecule has 1 saturated heterocycles. The number of ether oxygens (including phenoxy) is 1. The minimum absolute atomic E-state index is 0.0554. The second-order valence-corrected chi connectivity index (χ2v) is 8.20. The molecule has 0 spiro atoms. The number of halogens is 1. The molecule has 3 nitrogen and oxygen atoms in total. The lowest BCUT2D eigenvalue weighted by Crippen LogP contribution is -2.36. The molecule has 0 atom stereocenters. The lowest BCUT2D eigenvalue weighted by Gasteiger charge is -2.32. The van der Waals surface area contributed by atoms with Gasteiger partial charge >= 0.3 is 5.97 Å². The third-order valence-electron chi connectivity index (χ3n) is 5.42. The molecule has 4 heteroatoms. The number of methoxy groups -OCH3 is 1. The van der Waals surface area contributed by atoms with Crippen LogP contribution in [0.5, 0.6) is 0 Å². The Hall–Kier alpha value is -1.65. The van der Waals surface area contributed by atoms with Gasteiger partial charge in [-0.05, 0) is 66.7 Å². The second kappa shape index (κ2) is 9.52. The summed E-state index contributed by atoms with van der Waals surface area (Å²) < 4.78 is 6.06. The molecule has 0 radical (unpaired) electrons. The lowest BCUT2D eigenvalue weighted by atomic mass is 9.91. The van der Waals surface area contributed by atoms with E-state index in [1.54, 1.807) is 0 Å². The van der Waals surface area contributed by atoms with Crippen LogP contribution in [0.3, 0.4) is 0 Å². The largest absolute Gasteiger partial charge is 0.469 e. The third kappa shape index (κ3) is 4.99. The van der Waals surface area contributed by atoms with E-state index in [0.717, 1.165) is 49.8 Å². The van der Waals surface area contributed by atoms with Gasteiger partial charge in [-0.2, -0.15) is 0 Å². The van der Waals surface area contributed by atoms with E-state index in [9.17, 15) is 4.79 Å². The van der Waals surface area contributed by atoms with Crippen molar-refractivity contribution < 1.29 is 9.53 Å². The van der Waals surface area contributed by atoms with Gasteiger partial charge in [-0.1, -0.05) is 59.6 Å². The monoisotopic (exact) mass is 429 g/mol. The van der Waals surface area contributed by atoms with E-state index in [-0.39, 0.29) is 11.9 Å². The minimum atomic E-state index is -0.0602. The topological polar surface area (TPSA) is 29.5 Å². The molecule has 27 heavy (non-hydrogen) atoms. The summed E-state index contributed by atoms with van der Waals surface area (Å²) in [5.41, 5.74) is 5.41. The van der Waals surface area contributed by atoms with Crippen molar-refractivity contribution in [2.45, 2.75) is 39.2 Å².